The molecule has 0 radical (unpaired) electrons. The van der Waals surface area contributed by atoms with E-state index in [0.29, 0.717) is 25.2 Å². The van der Waals surface area contributed by atoms with Gasteiger partial charge in [0.15, 0.2) is 0 Å². The number of nitrogens with one attached hydrogen (secondary N) is 1. The lowest BCUT2D eigenvalue weighted by Gasteiger charge is -2.25. The Bertz CT molecular complexity index is 714. The molecule has 9 heteroatoms. The van der Waals surface area contributed by atoms with Gasteiger partial charge in [-0.25, -0.2) is 9.97 Å². The number of rotatable bonds is 3. The summed E-state index contributed by atoms with van der Waals surface area (Å²) < 4.78 is 37.1. The number of carbonyl (C=O) groups excluding carboxylic acids is 1. The van der Waals surface area contributed by atoms with Crippen molar-refractivity contribution >= 4 is 22.8 Å². The van der Waals surface area contributed by atoms with Gasteiger partial charge in [0.05, 0.1) is 11.4 Å². The van der Waals surface area contributed by atoms with Gasteiger partial charge in [-0.3, -0.25) is 4.79 Å². The molecule has 124 valence electrons. The molecule has 1 unspecified atom stereocenters. The molecule has 1 aliphatic rings. The number of hydrogen-bond donors (Lipinski definition) is 1. The third-order valence-electron chi connectivity index (χ3n) is 4.09. The third kappa shape index (κ3) is 3.22. The van der Waals surface area contributed by atoms with Crippen molar-refractivity contribution in [2.75, 3.05) is 25.0 Å². The summed E-state index contributed by atoms with van der Waals surface area (Å²) in [7, 11) is 1.42. The first-order valence-electron chi connectivity index (χ1n) is 7.20. The number of likely N-dealkylation sites (N-methyl/N-ethyl adjacent to an activating group) is 1. The number of anilines is 1. The fourth-order valence-electron chi connectivity index (χ4n) is 2.86. The minimum Gasteiger partial charge on any atom is -0.354 e. The fourth-order valence-corrected chi connectivity index (χ4v) is 2.86. The summed E-state index contributed by atoms with van der Waals surface area (Å²) in [6, 6.07) is 1.60. The van der Waals surface area contributed by atoms with Crippen LogP contribution in [0.4, 0.5) is 19.0 Å². The largest absolute Gasteiger partial charge is 0.397 e. The molecule has 23 heavy (non-hydrogen) atoms. The molecule has 2 aromatic rings. The van der Waals surface area contributed by atoms with Crippen molar-refractivity contribution in [2.24, 2.45) is 0 Å². The topological polar surface area (TPSA) is 65.1 Å². The molecule has 0 saturated carbocycles. The van der Waals surface area contributed by atoms with Crippen molar-refractivity contribution in [3.05, 3.63) is 18.6 Å². The van der Waals surface area contributed by atoms with Gasteiger partial charge in [0.25, 0.3) is 0 Å². The highest BCUT2D eigenvalue weighted by Crippen LogP contribution is 2.28. The van der Waals surface area contributed by atoms with Crippen LogP contribution in [0.25, 0.3) is 11.0 Å². The molecule has 0 aromatic carbocycles. The maximum Gasteiger partial charge on any atom is 0.397 e. The molecule has 1 fully saturated rings. The third-order valence-corrected chi connectivity index (χ3v) is 4.09. The van der Waals surface area contributed by atoms with Gasteiger partial charge in [-0.2, -0.15) is 13.2 Å². The van der Waals surface area contributed by atoms with Crippen LogP contribution < -0.4 is 4.90 Å². The van der Waals surface area contributed by atoms with Crippen molar-refractivity contribution in [1.29, 1.82) is 0 Å². The molecule has 2 aromatic heterocycles. The normalized spacial score (nSPS) is 18.6. The fraction of sp³-hybridized carbons (Fsp3) is 0.500. The van der Waals surface area contributed by atoms with Crippen molar-refractivity contribution in [3.8, 4) is 0 Å². The van der Waals surface area contributed by atoms with Gasteiger partial charge in [-0.15, -0.1) is 0 Å². The van der Waals surface area contributed by atoms with Gasteiger partial charge in [-0.05, 0) is 12.5 Å². The SMILES string of the molecule is CN(C(=O)CC(F)(F)F)C1CCN(c2ncnc3[nH]ccc23)C1. The summed E-state index contributed by atoms with van der Waals surface area (Å²) in [6.07, 6.45) is -2.09. The van der Waals surface area contributed by atoms with Gasteiger partial charge in [0, 0.05) is 26.3 Å². The van der Waals surface area contributed by atoms with E-state index < -0.39 is 18.5 Å². The number of amides is 1. The smallest absolute Gasteiger partial charge is 0.354 e. The Morgan fingerprint density at radius 1 is 1.48 bits per heavy atom. The molecule has 0 spiro atoms. The van der Waals surface area contributed by atoms with Crippen LogP contribution in [-0.4, -0.2) is 58.1 Å². The average molecular weight is 327 g/mol. The Morgan fingerprint density at radius 3 is 3.00 bits per heavy atom. The van der Waals surface area contributed by atoms with Crippen LogP contribution in [-0.2, 0) is 4.79 Å². The standard InChI is InChI=1S/C14H16F3N5O/c1-21(11(23)6-14(15,16)17)9-3-5-22(7-9)13-10-2-4-18-12(10)19-8-20-13/h2,4,8-9H,3,5-7H2,1H3,(H,18,19,20). The van der Waals surface area contributed by atoms with E-state index in [0.717, 1.165) is 11.2 Å². The zero-order valence-electron chi connectivity index (χ0n) is 12.5. The summed E-state index contributed by atoms with van der Waals surface area (Å²) in [5.74, 6) is -0.172. The van der Waals surface area contributed by atoms with Crippen LogP contribution in [0.5, 0.6) is 0 Å². The van der Waals surface area contributed by atoms with Crippen LogP contribution in [0.15, 0.2) is 18.6 Å². The van der Waals surface area contributed by atoms with E-state index in [1.54, 1.807) is 6.20 Å². The van der Waals surface area contributed by atoms with Crippen LogP contribution in [0.3, 0.4) is 0 Å². The number of hydrogen-bond acceptors (Lipinski definition) is 4. The highest BCUT2D eigenvalue weighted by molar-refractivity contribution is 5.87. The Hall–Kier alpha value is -2.32. The van der Waals surface area contributed by atoms with Crippen LogP contribution in [0.1, 0.15) is 12.8 Å². The van der Waals surface area contributed by atoms with E-state index in [1.165, 1.54) is 18.3 Å². The summed E-state index contributed by atoms with van der Waals surface area (Å²) in [5.41, 5.74) is 0.708. The molecule has 1 saturated heterocycles. The zero-order valence-corrected chi connectivity index (χ0v) is 12.5. The predicted molar refractivity (Wildman–Crippen MR) is 77.9 cm³/mol. The van der Waals surface area contributed by atoms with E-state index in [4.69, 9.17) is 0 Å². The van der Waals surface area contributed by atoms with Crippen molar-refractivity contribution < 1.29 is 18.0 Å². The first kappa shape index (κ1) is 15.6. The second kappa shape index (κ2) is 5.71. The lowest BCUT2D eigenvalue weighted by Crippen LogP contribution is -2.40. The monoisotopic (exact) mass is 327 g/mol. The maximum atomic E-state index is 12.4. The summed E-state index contributed by atoms with van der Waals surface area (Å²) in [4.78, 5) is 26.3. The minimum atomic E-state index is -4.48. The van der Waals surface area contributed by atoms with Crippen LogP contribution in [0.2, 0.25) is 0 Å². The number of H-pyrrole nitrogens is 1. The quantitative estimate of drug-likeness (QED) is 0.936. The second-order valence-electron chi connectivity index (χ2n) is 5.62. The Kier molecular flexibility index (Phi) is 3.87. The molecule has 6 nitrogen and oxygen atoms in total. The Labute approximate surface area is 130 Å². The van der Waals surface area contributed by atoms with E-state index >= 15 is 0 Å². The van der Waals surface area contributed by atoms with Crippen LogP contribution in [0, 0.1) is 0 Å². The molecule has 1 N–H and O–H groups in total. The van der Waals surface area contributed by atoms with E-state index in [-0.39, 0.29) is 6.04 Å². The number of fused-ring (bicyclic) bond motifs is 1. The van der Waals surface area contributed by atoms with E-state index in [1.807, 2.05) is 11.0 Å². The number of halogens is 3. The lowest BCUT2D eigenvalue weighted by atomic mass is 10.2. The number of carbonyl (C=O) groups is 1. The number of nitrogens with zero attached hydrogens (tertiary/aromatic N) is 4. The van der Waals surface area contributed by atoms with Crippen LogP contribution >= 0.6 is 0 Å². The Balaban J connectivity index is 1.71. The number of aromatic amines is 1. The molecular weight excluding hydrogens is 311 g/mol. The molecule has 0 aliphatic carbocycles. The highest BCUT2D eigenvalue weighted by Gasteiger charge is 2.36. The summed E-state index contributed by atoms with van der Waals surface area (Å²) in [5, 5.41) is 0.859. The van der Waals surface area contributed by atoms with Crippen molar-refractivity contribution in [1.82, 2.24) is 19.9 Å². The van der Waals surface area contributed by atoms with Gasteiger partial charge >= 0.3 is 6.18 Å². The average Bonchev–Trinajstić information content (AvgIpc) is 3.13. The van der Waals surface area contributed by atoms with Gasteiger partial charge in [0.2, 0.25) is 5.91 Å². The molecule has 1 aliphatic heterocycles. The molecule has 1 atom stereocenters. The first-order valence-corrected chi connectivity index (χ1v) is 7.20. The summed E-state index contributed by atoms with van der Waals surface area (Å²) in [6.45, 7) is 1.09. The minimum absolute atomic E-state index is 0.256. The molecule has 1 amide bonds. The molecule has 0 bridgehead atoms. The number of aromatic nitrogens is 3. The van der Waals surface area contributed by atoms with Gasteiger partial charge in [-0.1, -0.05) is 0 Å². The van der Waals surface area contributed by atoms with Gasteiger partial charge in [0.1, 0.15) is 24.2 Å². The first-order chi connectivity index (χ1) is 10.8. The number of alkyl halides is 3. The molecular formula is C14H16F3N5O. The maximum absolute atomic E-state index is 12.4. The van der Waals surface area contributed by atoms with Crippen molar-refractivity contribution in [2.45, 2.75) is 25.1 Å². The van der Waals surface area contributed by atoms with Crippen molar-refractivity contribution in [3.63, 3.8) is 0 Å². The Morgan fingerprint density at radius 2 is 2.26 bits per heavy atom. The second-order valence-corrected chi connectivity index (χ2v) is 5.62. The summed E-state index contributed by atoms with van der Waals surface area (Å²) >= 11 is 0. The van der Waals surface area contributed by atoms with E-state index in [9.17, 15) is 18.0 Å². The zero-order chi connectivity index (χ0) is 16.6. The van der Waals surface area contributed by atoms with Gasteiger partial charge < -0.3 is 14.8 Å². The van der Waals surface area contributed by atoms with E-state index in [2.05, 4.69) is 15.0 Å². The molecule has 3 rings (SSSR count). The molecule has 3 heterocycles. The highest BCUT2D eigenvalue weighted by atomic mass is 19.4. The lowest BCUT2D eigenvalue weighted by molar-refractivity contribution is -0.161. The predicted octanol–water partition coefficient (Wildman–Crippen LogP) is 1.95.